The summed E-state index contributed by atoms with van der Waals surface area (Å²) >= 11 is 0. The number of hydrogen-bond donors (Lipinski definition) is 2. The quantitative estimate of drug-likeness (QED) is 0.665. The van der Waals surface area contributed by atoms with Gasteiger partial charge in [-0.2, -0.15) is 4.98 Å². The number of aliphatic imine (C=N–C) groups is 1. The molecule has 0 aliphatic rings. The summed E-state index contributed by atoms with van der Waals surface area (Å²) in [5.74, 6) is 1.58. The van der Waals surface area contributed by atoms with Gasteiger partial charge in [0.15, 0.2) is 11.8 Å². The molecular formula is C17H24FN5O. The van der Waals surface area contributed by atoms with Crippen molar-refractivity contribution in [3.8, 4) is 0 Å². The number of nitrogens with one attached hydrogen (secondary N) is 2. The second kappa shape index (κ2) is 7.42. The Hall–Kier alpha value is -2.44. The fourth-order valence-corrected chi connectivity index (χ4v) is 2.02. The minimum Gasteiger partial charge on any atom is -0.352 e. The van der Waals surface area contributed by atoms with Crippen molar-refractivity contribution in [2.75, 3.05) is 7.05 Å². The van der Waals surface area contributed by atoms with E-state index < -0.39 is 0 Å². The molecule has 0 atom stereocenters. The lowest BCUT2D eigenvalue weighted by Gasteiger charge is -2.11. The number of guanidine groups is 1. The highest BCUT2D eigenvalue weighted by Crippen LogP contribution is 2.19. The van der Waals surface area contributed by atoms with Crippen molar-refractivity contribution in [3.63, 3.8) is 0 Å². The summed E-state index contributed by atoms with van der Waals surface area (Å²) in [5.41, 5.74) is 1.43. The van der Waals surface area contributed by atoms with Crippen molar-refractivity contribution in [1.29, 1.82) is 0 Å². The van der Waals surface area contributed by atoms with Gasteiger partial charge in [-0.25, -0.2) is 4.39 Å². The predicted octanol–water partition coefficient (Wildman–Crippen LogP) is 2.68. The maximum absolute atomic E-state index is 13.3. The zero-order chi connectivity index (χ0) is 17.7. The summed E-state index contributed by atoms with van der Waals surface area (Å²) in [4.78, 5) is 8.51. The molecule has 0 aliphatic carbocycles. The second-order valence-electron chi connectivity index (χ2n) is 6.63. The number of nitrogens with zero attached hydrogens (tertiary/aromatic N) is 3. The van der Waals surface area contributed by atoms with Crippen LogP contribution in [0.2, 0.25) is 0 Å². The number of rotatable bonds is 4. The van der Waals surface area contributed by atoms with Crippen molar-refractivity contribution in [3.05, 3.63) is 46.9 Å². The Morgan fingerprint density at radius 3 is 2.54 bits per heavy atom. The van der Waals surface area contributed by atoms with Crippen LogP contribution in [0.15, 0.2) is 27.7 Å². The molecule has 1 aromatic carbocycles. The van der Waals surface area contributed by atoms with Crippen LogP contribution >= 0.6 is 0 Å². The SMILES string of the molecule is CN=C(NCc1ccc(F)c(C)c1)NCc1noc(C(C)(C)C)n1. The van der Waals surface area contributed by atoms with Gasteiger partial charge < -0.3 is 15.2 Å². The topological polar surface area (TPSA) is 75.3 Å². The van der Waals surface area contributed by atoms with E-state index >= 15 is 0 Å². The summed E-state index contributed by atoms with van der Waals surface area (Å²) < 4.78 is 18.5. The first-order valence-corrected chi connectivity index (χ1v) is 7.82. The lowest BCUT2D eigenvalue weighted by atomic mass is 9.97. The van der Waals surface area contributed by atoms with E-state index in [2.05, 4.69) is 25.8 Å². The van der Waals surface area contributed by atoms with Gasteiger partial charge in [-0.05, 0) is 24.1 Å². The van der Waals surface area contributed by atoms with Crippen LogP contribution in [0.25, 0.3) is 0 Å². The first-order valence-electron chi connectivity index (χ1n) is 7.82. The molecule has 1 aromatic heterocycles. The van der Waals surface area contributed by atoms with Gasteiger partial charge in [0, 0.05) is 19.0 Å². The molecule has 24 heavy (non-hydrogen) atoms. The van der Waals surface area contributed by atoms with E-state index in [0.29, 0.717) is 36.3 Å². The molecule has 0 spiro atoms. The third-order valence-electron chi connectivity index (χ3n) is 3.43. The minimum absolute atomic E-state index is 0.175. The van der Waals surface area contributed by atoms with Gasteiger partial charge >= 0.3 is 0 Å². The van der Waals surface area contributed by atoms with E-state index in [1.807, 2.05) is 26.8 Å². The fraction of sp³-hybridized carbons (Fsp3) is 0.471. The fourth-order valence-electron chi connectivity index (χ4n) is 2.02. The summed E-state index contributed by atoms with van der Waals surface area (Å²) in [6, 6.07) is 5.03. The van der Waals surface area contributed by atoms with Crippen molar-refractivity contribution >= 4 is 5.96 Å². The standard InChI is InChI=1S/C17H24FN5O/c1-11-8-12(6-7-13(11)18)9-20-16(19-5)21-10-14-22-15(24-23-14)17(2,3)4/h6-8H,9-10H2,1-5H3,(H2,19,20,21). The van der Waals surface area contributed by atoms with Gasteiger partial charge in [0.05, 0.1) is 6.54 Å². The Morgan fingerprint density at radius 1 is 1.25 bits per heavy atom. The Morgan fingerprint density at radius 2 is 1.96 bits per heavy atom. The molecule has 0 saturated heterocycles. The van der Waals surface area contributed by atoms with Crippen LogP contribution in [0.1, 0.15) is 43.6 Å². The molecular weight excluding hydrogens is 309 g/mol. The summed E-state index contributed by atoms with van der Waals surface area (Å²) in [7, 11) is 1.68. The number of aryl methyl sites for hydroxylation is 1. The lowest BCUT2D eigenvalue weighted by Crippen LogP contribution is -2.36. The molecule has 130 valence electrons. The van der Waals surface area contributed by atoms with E-state index in [4.69, 9.17) is 4.52 Å². The number of hydrogen-bond acceptors (Lipinski definition) is 4. The van der Waals surface area contributed by atoms with E-state index in [1.54, 1.807) is 20.0 Å². The summed E-state index contributed by atoms with van der Waals surface area (Å²) in [6.45, 7) is 8.74. The molecule has 0 amide bonds. The Balaban J connectivity index is 1.88. The molecule has 2 N–H and O–H groups in total. The largest absolute Gasteiger partial charge is 0.352 e. The second-order valence-corrected chi connectivity index (χ2v) is 6.63. The van der Waals surface area contributed by atoms with Crippen molar-refractivity contribution in [2.24, 2.45) is 4.99 Å². The minimum atomic E-state index is -0.201. The molecule has 0 aliphatic heterocycles. The first kappa shape index (κ1) is 17.9. The normalized spacial score (nSPS) is 12.3. The third-order valence-corrected chi connectivity index (χ3v) is 3.43. The number of aromatic nitrogens is 2. The molecule has 0 saturated carbocycles. The van der Waals surface area contributed by atoms with E-state index in [1.165, 1.54) is 6.07 Å². The average molecular weight is 333 g/mol. The average Bonchev–Trinajstić information content (AvgIpc) is 3.00. The van der Waals surface area contributed by atoms with Gasteiger partial charge in [0.25, 0.3) is 0 Å². The van der Waals surface area contributed by atoms with Crippen LogP contribution in [-0.2, 0) is 18.5 Å². The van der Waals surface area contributed by atoms with E-state index in [9.17, 15) is 4.39 Å². The Labute approximate surface area is 141 Å². The maximum atomic E-state index is 13.3. The van der Waals surface area contributed by atoms with Gasteiger partial charge in [-0.3, -0.25) is 4.99 Å². The van der Waals surface area contributed by atoms with Crippen molar-refractivity contribution in [2.45, 2.75) is 46.2 Å². The molecule has 6 nitrogen and oxygen atoms in total. The van der Waals surface area contributed by atoms with Crippen LogP contribution in [0.5, 0.6) is 0 Å². The summed E-state index contributed by atoms with van der Waals surface area (Å²) in [6.07, 6.45) is 0. The molecule has 2 aromatic rings. The Bertz CT molecular complexity index is 718. The lowest BCUT2D eigenvalue weighted by molar-refractivity contribution is 0.318. The predicted molar refractivity (Wildman–Crippen MR) is 91.2 cm³/mol. The van der Waals surface area contributed by atoms with Gasteiger partial charge in [-0.15, -0.1) is 0 Å². The van der Waals surface area contributed by atoms with Crippen LogP contribution in [0.4, 0.5) is 4.39 Å². The molecule has 0 radical (unpaired) electrons. The maximum Gasteiger partial charge on any atom is 0.232 e. The van der Waals surface area contributed by atoms with Gasteiger partial charge in [0.2, 0.25) is 5.89 Å². The van der Waals surface area contributed by atoms with E-state index in [0.717, 1.165) is 5.56 Å². The van der Waals surface area contributed by atoms with Crippen LogP contribution < -0.4 is 10.6 Å². The molecule has 2 rings (SSSR count). The van der Waals surface area contributed by atoms with E-state index in [-0.39, 0.29) is 11.2 Å². The highest BCUT2D eigenvalue weighted by molar-refractivity contribution is 5.79. The summed E-state index contributed by atoms with van der Waals surface area (Å²) in [5, 5.41) is 10.3. The monoisotopic (exact) mass is 333 g/mol. The number of halogens is 1. The first-order chi connectivity index (χ1) is 11.3. The van der Waals surface area contributed by atoms with Crippen LogP contribution in [0.3, 0.4) is 0 Å². The van der Waals surface area contributed by atoms with Crippen LogP contribution in [0, 0.1) is 12.7 Å². The third kappa shape index (κ3) is 4.78. The molecule has 1 heterocycles. The van der Waals surface area contributed by atoms with Crippen molar-refractivity contribution < 1.29 is 8.91 Å². The van der Waals surface area contributed by atoms with Crippen LogP contribution in [-0.4, -0.2) is 23.1 Å². The molecule has 0 fully saturated rings. The number of benzene rings is 1. The zero-order valence-electron chi connectivity index (χ0n) is 14.8. The van der Waals surface area contributed by atoms with Crippen molar-refractivity contribution in [1.82, 2.24) is 20.8 Å². The highest BCUT2D eigenvalue weighted by Gasteiger charge is 2.21. The van der Waals surface area contributed by atoms with Gasteiger partial charge in [0.1, 0.15) is 5.82 Å². The molecule has 0 bridgehead atoms. The molecule has 0 unspecified atom stereocenters. The molecule has 7 heteroatoms. The smallest absolute Gasteiger partial charge is 0.232 e. The van der Waals surface area contributed by atoms with Gasteiger partial charge in [-0.1, -0.05) is 38.1 Å². The highest BCUT2D eigenvalue weighted by atomic mass is 19.1. The Kier molecular flexibility index (Phi) is 5.54. The zero-order valence-corrected chi connectivity index (χ0v) is 14.8.